The second-order valence-electron chi connectivity index (χ2n) is 5.12. The first-order valence-corrected chi connectivity index (χ1v) is 6.37. The van der Waals surface area contributed by atoms with E-state index in [9.17, 15) is 15.2 Å². The van der Waals surface area contributed by atoms with Crippen LogP contribution in [0.15, 0.2) is 18.2 Å². The predicted molar refractivity (Wildman–Crippen MR) is 73.1 cm³/mol. The fourth-order valence-corrected chi connectivity index (χ4v) is 2.09. The van der Waals surface area contributed by atoms with Crippen molar-refractivity contribution in [3.05, 3.63) is 33.9 Å². The van der Waals surface area contributed by atoms with Crippen molar-refractivity contribution >= 4 is 11.4 Å². The standard InChI is InChI=1S/C13H19N3O3/c1-14-11-3-2-10(6-12(11)16(18)19)7-15-8-13(9-17)4-5-13/h2-3,6,14-15,17H,4-5,7-9H2,1H3. The van der Waals surface area contributed by atoms with Gasteiger partial charge in [0.25, 0.3) is 5.69 Å². The maximum Gasteiger partial charge on any atom is 0.292 e. The van der Waals surface area contributed by atoms with E-state index in [2.05, 4.69) is 10.6 Å². The molecule has 2 rings (SSSR count). The first-order chi connectivity index (χ1) is 9.10. The van der Waals surface area contributed by atoms with E-state index in [1.54, 1.807) is 19.2 Å². The largest absolute Gasteiger partial charge is 0.396 e. The highest BCUT2D eigenvalue weighted by atomic mass is 16.6. The molecule has 0 amide bonds. The van der Waals surface area contributed by atoms with Gasteiger partial charge >= 0.3 is 0 Å². The van der Waals surface area contributed by atoms with Crippen molar-refractivity contribution in [1.29, 1.82) is 0 Å². The van der Waals surface area contributed by atoms with Gasteiger partial charge in [0.1, 0.15) is 5.69 Å². The van der Waals surface area contributed by atoms with Crippen LogP contribution in [-0.2, 0) is 6.54 Å². The summed E-state index contributed by atoms with van der Waals surface area (Å²) in [5.74, 6) is 0. The smallest absolute Gasteiger partial charge is 0.292 e. The zero-order valence-corrected chi connectivity index (χ0v) is 11.0. The Bertz CT molecular complexity index is 472. The number of hydrogen-bond donors (Lipinski definition) is 3. The van der Waals surface area contributed by atoms with Gasteiger partial charge in [-0.3, -0.25) is 10.1 Å². The fraction of sp³-hybridized carbons (Fsp3) is 0.538. The van der Waals surface area contributed by atoms with E-state index in [1.807, 2.05) is 6.07 Å². The zero-order chi connectivity index (χ0) is 13.9. The van der Waals surface area contributed by atoms with E-state index in [4.69, 9.17) is 0 Å². The molecular formula is C13H19N3O3. The third kappa shape index (κ3) is 3.21. The Morgan fingerprint density at radius 2 is 2.21 bits per heavy atom. The first kappa shape index (κ1) is 13.8. The van der Waals surface area contributed by atoms with Crippen molar-refractivity contribution in [2.45, 2.75) is 19.4 Å². The van der Waals surface area contributed by atoms with Gasteiger partial charge in [-0.15, -0.1) is 0 Å². The minimum absolute atomic E-state index is 0.0524. The topological polar surface area (TPSA) is 87.4 Å². The molecule has 0 aliphatic heterocycles. The summed E-state index contributed by atoms with van der Waals surface area (Å²) in [6, 6.07) is 5.16. The van der Waals surface area contributed by atoms with E-state index >= 15 is 0 Å². The van der Waals surface area contributed by atoms with Gasteiger partial charge in [-0.25, -0.2) is 0 Å². The van der Waals surface area contributed by atoms with Gasteiger partial charge in [0.15, 0.2) is 0 Å². The summed E-state index contributed by atoms with van der Waals surface area (Å²) in [6.07, 6.45) is 2.10. The van der Waals surface area contributed by atoms with E-state index in [0.717, 1.165) is 24.9 Å². The van der Waals surface area contributed by atoms with Crippen LogP contribution in [0.25, 0.3) is 0 Å². The number of hydrogen-bond acceptors (Lipinski definition) is 5. The lowest BCUT2D eigenvalue weighted by Gasteiger charge is -2.13. The van der Waals surface area contributed by atoms with Crippen LogP contribution in [0.4, 0.5) is 11.4 Å². The Morgan fingerprint density at radius 1 is 1.47 bits per heavy atom. The second kappa shape index (κ2) is 5.54. The molecule has 1 aromatic carbocycles. The van der Waals surface area contributed by atoms with Crippen LogP contribution in [0.1, 0.15) is 18.4 Å². The van der Waals surface area contributed by atoms with Crippen LogP contribution in [0, 0.1) is 15.5 Å². The molecule has 0 spiro atoms. The molecule has 0 aromatic heterocycles. The fourth-order valence-electron chi connectivity index (χ4n) is 2.09. The van der Waals surface area contributed by atoms with Crippen molar-refractivity contribution in [3.8, 4) is 0 Å². The number of aliphatic hydroxyl groups is 1. The maximum atomic E-state index is 10.9. The van der Waals surface area contributed by atoms with Crippen LogP contribution in [0.5, 0.6) is 0 Å². The summed E-state index contributed by atoms with van der Waals surface area (Å²) in [4.78, 5) is 10.6. The molecule has 6 nitrogen and oxygen atoms in total. The summed E-state index contributed by atoms with van der Waals surface area (Å²) in [6.45, 7) is 1.54. The van der Waals surface area contributed by atoms with Crippen molar-refractivity contribution in [3.63, 3.8) is 0 Å². The molecule has 1 aliphatic carbocycles. The van der Waals surface area contributed by atoms with Gasteiger partial charge in [0.05, 0.1) is 4.92 Å². The summed E-state index contributed by atoms with van der Waals surface area (Å²) in [5.41, 5.74) is 1.53. The van der Waals surface area contributed by atoms with Crippen LogP contribution in [0.3, 0.4) is 0 Å². The molecule has 19 heavy (non-hydrogen) atoms. The monoisotopic (exact) mass is 265 g/mol. The van der Waals surface area contributed by atoms with Crippen LogP contribution >= 0.6 is 0 Å². The molecule has 0 atom stereocenters. The minimum Gasteiger partial charge on any atom is -0.396 e. The van der Waals surface area contributed by atoms with Crippen LogP contribution in [-0.4, -0.2) is 30.2 Å². The number of nitro benzene ring substituents is 1. The van der Waals surface area contributed by atoms with Crippen molar-refractivity contribution in [1.82, 2.24) is 5.32 Å². The summed E-state index contributed by atoms with van der Waals surface area (Å²) in [5, 5.41) is 26.2. The highest BCUT2D eigenvalue weighted by molar-refractivity contribution is 5.62. The Kier molecular flexibility index (Phi) is 4.01. The highest BCUT2D eigenvalue weighted by Gasteiger charge is 2.41. The Balaban J connectivity index is 1.97. The number of anilines is 1. The number of rotatable bonds is 7. The van der Waals surface area contributed by atoms with Gasteiger partial charge < -0.3 is 15.7 Å². The molecular weight excluding hydrogens is 246 g/mol. The quantitative estimate of drug-likeness (QED) is 0.513. The zero-order valence-electron chi connectivity index (χ0n) is 11.0. The molecule has 0 unspecified atom stereocenters. The normalized spacial score (nSPS) is 16.1. The lowest BCUT2D eigenvalue weighted by Crippen LogP contribution is -2.26. The predicted octanol–water partition coefficient (Wildman–Crippen LogP) is 1.50. The Labute approximate surface area is 112 Å². The molecule has 3 N–H and O–H groups in total. The second-order valence-corrected chi connectivity index (χ2v) is 5.12. The molecule has 0 saturated heterocycles. The average Bonchev–Trinajstić information content (AvgIpc) is 3.19. The van der Waals surface area contributed by atoms with Gasteiger partial charge in [-0.1, -0.05) is 6.07 Å². The lowest BCUT2D eigenvalue weighted by atomic mass is 10.1. The van der Waals surface area contributed by atoms with E-state index < -0.39 is 0 Å². The summed E-state index contributed by atoms with van der Waals surface area (Å²) < 4.78 is 0. The first-order valence-electron chi connectivity index (χ1n) is 6.37. The van der Waals surface area contributed by atoms with Gasteiger partial charge in [0.2, 0.25) is 0 Å². The molecule has 0 bridgehead atoms. The van der Waals surface area contributed by atoms with E-state index in [-0.39, 0.29) is 22.6 Å². The third-order valence-corrected chi connectivity index (χ3v) is 3.65. The van der Waals surface area contributed by atoms with Crippen molar-refractivity contribution < 1.29 is 10.0 Å². The average molecular weight is 265 g/mol. The summed E-state index contributed by atoms with van der Waals surface area (Å²) >= 11 is 0. The lowest BCUT2D eigenvalue weighted by molar-refractivity contribution is -0.384. The number of nitrogens with one attached hydrogen (secondary N) is 2. The van der Waals surface area contributed by atoms with Crippen LogP contribution in [0.2, 0.25) is 0 Å². The molecule has 104 valence electrons. The molecule has 6 heteroatoms. The molecule has 0 heterocycles. The van der Waals surface area contributed by atoms with Crippen molar-refractivity contribution in [2.24, 2.45) is 5.41 Å². The summed E-state index contributed by atoms with van der Waals surface area (Å²) in [7, 11) is 1.67. The highest BCUT2D eigenvalue weighted by Crippen LogP contribution is 2.44. The molecule has 1 aliphatic rings. The molecule has 1 saturated carbocycles. The van der Waals surface area contributed by atoms with Crippen molar-refractivity contribution in [2.75, 3.05) is 25.5 Å². The third-order valence-electron chi connectivity index (χ3n) is 3.65. The number of nitrogens with zero attached hydrogens (tertiary/aromatic N) is 1. The molecule has 1 aromatic rings. The molecule has 1 fully saturated rings. The van der Waals surface area contributed by atoms with Gasteiger partial charge in [-0.05, 0) is 24.5 Å². The minimum atomic E-state index is -0.383. The molecule has 0 radical (unpaired) electrons. The number of aliphatic hydroxyl groups excluding tert-OH is 1. The van der Waals surface area contributed by atoms with Crippen LogP contribution < -0.4 is 10.6 Å². The number of nitro groups is 1. The van der Waals surface area contributed by atoms with E-state index in [1.165, 1.54) is 0 Å². The Hall–Kier alpha value is -1.66. The van der Waals surface area contributed by atoms with Gasteiger partial charge in [0, 0.05) is 38.2 Å². The maximum absolute atomic E-state index is 10.9. The van der Waals surface area contributed by atoms with Gasteiger partial charge in [-0.2, -0.15) is 0 Å². The SMILES string of the molecule is CNc1ccc(CNCC2(CO)CC2)cc1[N+](=O)[O-]. The Morgan fingerprint density at radius 3 is 2.74 bits per heavy atom. The van der Waals surface area contributed by atoms with E-state index in [0.29, 0.717) is 12.2 Å². The number of benzene rings is 1.